The van der Waals surface area contributed by atoms with Crippen LogP contribution in [-0.4, -0.2) is 24.3 Å². The molecule has 0 rings (SSSR count). The lowest BCUT2D eigenvalue weighted by Gasteiger charge is -2.11. The number of hydrogen-bond acceptors (Lipinski definition) is 2. The van der Waals surface area contributed by atoms with E-state index in [1.54, 1.807) is 0 Å². The van der Waals surface area contributed by atoms with Crippen LogP contribution >= 0.6 is 0 Å². The van der Waals surface area contributed by atoms with Crippen molar-refractivity contribution in [3.8, 4) is 0 Å². The van der Waals surface area contributed by atoms with Gasteiger partial charge in [0, 0.05) is 6.54 Å². The molecule has 0 aromatic rings. The molecule has 0 aromatic heterocycles. The Kier molecular flexibility index (Phi) is 30.9. The van der Waals surface area contributed by atoms with E-state index in [0.29, 0.717) is 0 Å². The molecule has 34 heavy (non-hydrogen) atoms. The first-order valence-corrected chi connectivity index (χ1v) is 16.2. The molecule has 0 spiro atoms. The molecule has 0 heterocycles. The molecule has 2 nitrogen and oxygen atoms in total. The van der Waals surface area contributed by atoms with Crippen molar-refractivity contribution in [1.29, 1.82) is 0 Å². The van der Waals surface area contributed by atoms with Gasteiger partial charge in [-0.3, -0.25) is 0 Å². The van der Waals surface area contributed by atoms with Crippen molar-refractivity contribution in [3.05, 3.63) is 0 Å². The van der Waals surface area contributed by atoms with Gasteiger partial charge in [0.05, 0.1) is 6.10 Å². The van der Waals surface area contributed by atoms with Crippen molar-refractivity contribution >= 4 is 0 Å². The second kappa shape index (κ2) is 31.0. The summed E-state index contributed by atoms with van der Waals surface area (Å²) in [4.78, 5) is 0. The third-order valence-electron chi connectivity index (χ3n) is 7.48. The molecular weight excluding hydrogens is 414 g/mol. The van der Waals surface area contributed by atoms with Gasteiger partial charge in [-0.1, -0.05) is 174 Å². The first-order chi connectivity index (χ1) is 16.8. The highest BCUT2D eigenvalue weighted by molar-refractivity contribution is 4.60. The van der Waals surface area contributed by atoms with Crippen LogP contribution in [0.4, 0.5) is 0 Å². The van der Waals surface area contributed by atoms with Crippen molar-refractivity contribution in [1.82, 2.24) is 5.32 Å². The lowest BCUT2D eigenvalue weighted by Crippen LogP contribution is -2.27. The van der Waals surface area contributed by atoms with Crippen molar-refractivity contribution in [3.63, 3.8) is 0 Å². The predicted molar refractivity (Wildman–Crippen MR) is 155 cm³/mol. The first kappa shape index (κ1) is 33.9. The van der Waals surface area contributed by atoms with E-state index in [0.717, 1.165) is 19.5 Å². The highest BCUT2D eigenvalue weighted by atomic mass is 16.3. The summed E-state index contributed by atoms with van der Waals surface area (Å²) in [5, 5.41) is 13.6. The topological polar surface area (TPSA) is 32.3 Å². The van der Waals surface area contributed by atoms with E-state index >= 15 is 0 Å². The van der Waals surface area contributed by atoms with Crippen LogP contribution in [0.1, 0.15) is 187 Å². The van der Waals surface area contributed by atoms with Gasteiger partial charge in [-0.25, -0.2) is 0 Å². The average molecular weight is 482 g/mol. The zero-order valence-electron chi connectivity index (χ0n) is 24.0. The minimum Gasteiger partial charge on any atom is -0.392 e. The monoisotopic (exact) mass is 482 g/mol. The van der Waals surface area contributed by atoms with Crippen LogP contribution in [0.3, 0.4) is 0 Å². The van der Waals surface area contributed by atoms with Crippen LogP contribution in [-0.2, 0) is 0 Å². The highest BCUT2D eigenvalue weighted by Gasteiger charge is 2.03. The van der Waals surface area contributed by atoms with Crippen LogP contribution in [0.5, 0.6) is 0 Å². The Morgan fingerprint density at radius 2 is 0.706 bits per heavy atom. The van der Waals surface area contributed by atoms with E-state index < -0.39 is 0 Å². The zero-order chi connectivity index (χ0) is 24.8. The third-order valence-corrected chi connectivity index (χ3v) is 7.48. The molecule has 1 unspecified atom stereocenters. The molecule has 0 saturated heterocycles. The van der Waals surface area contributed by atoms with E-state index in [-0.39, 0.29) is 6.10 Å². The van der Waals surface area contributed by atoms with Crippen molar-refractivity contribution < 1.29 is 5.11 Å². The maximum Gasteiger partial charge on any atom is 0.0664 e. The second-order valence-corrected chi connectivity index (χ2v) is 11.1. The molecule has 2 N–H and O–H groups in total. The first-order valence-electron chi connectivity index (χ1n) is 16.2. The second-order valence-electron chi connectivity index (χ2n) is 11.1. The lowest BCUT2D eigenvalue weighted by atomic mass is 10.0. The molecule has 0 bridgehead atoms. The summed E-state index contributed by atoms with van der Waals surface area (Å²) >= 11 is 0. The number of nitrogens with one attached hydrogen (secondary N) is 1. The molecule has 0 aliphatic rings. The van der Waals surface area contributed by atoms with E-state index in [9.17, 15) is 5.11 Å². The molecule has 0 saturated carbocycles. The van der Waals surface area contributed by atoms with E-state index in [1.807, 2.05) is 0 Å². The van der Waals surface area contributed by atoms with Gasteiger partial charge in [-0.15, -0.1) is 0 Å². The number of unbranched alkanes of at least 4 members (excludes halogenated alkanes) is 24. The van der Waals surface area contributed by atoms with Crippen LogP contribution < -0.4 is 5.32 Å². The Labute approximate surface area is 216 Å². The van der Waals surface area contributed by atoms with Crippen LogP contribution in [0.15, 0.2) is 0 Å². The molecule has 1 atom stereocenters. The minimum atomic E-state index is -0.144. The largest absolute Gasteiger partial charge is 0.392 e. The maximum atomic E-state index is 10.2. The van der Waals surface area contributed by atoms with Crippen molar-refractivity contribution in [2.75, 3.05) is 13.1 Å². The molecule has 0 fully saturated rings. The number of hydrogen-bond donors (Lipinski definition) is 2. The molecule has 2 heteroatoms. The normalized spacial score (nSPS) is 12.4. The van der Waals surface area contributed by atoms with Gasteiger partial charge < -0.3 is 10.4 Å². The molecule has 206 valence electrons. The lowest BCUT2D eigenvalue weighted by molar-refractivity contribution is 0.158. The summed E-state index contributed by atoms with van der Waals surface area (Å²) in [6.45, 7) is 6.45. The van der Waals surface area contributed by atoms with E-state index in [1.165, 1.54) is 167 Å². The Morgan fingerprint density at radius 1 is 0.412 bits per heavy atom. The fraction of sp³-hybridized carbons (Fsp3) is 1.00. The SMILES string of the molecule is CCCCCCCCCCCCCCCCC(O)CNCCCCCCCCCCCCCC. The van der Waals surface area contributed by atoms with Gasteiger partial charge in [-0.05, 0) is 19.4 Å². The van der Waals surface area contributed by atoms with Crippen molar-refractivity contribution in [2.45, 2.75) is 193 Å². The maximum absolute atomic E-state index is 10.2. The van der Waals surface area contributed by atoms with Gasteiger partial charge in [0.2, 0.25) is 0 Å². The van der Waals surface area contributed by atoms with E-state index in [4.69, 9.17) is 0 Å². The number of rotatable bonds is 30. The Bertz CT molecular complexity index is 314. The zero-order valence-corrected chi connectivity index (χ0v) is 24.0. The summed E-state index contributed by atoms with van der Waals surface area (Å²) in [6.07, 6.45) is 37.2. The number of aliphatic hydroxyl groups is 1. The van der Waals surface area contributed by atoms with Gasteiger partial charge in [0.15, 0.2) is 0 Å². The average Bonchev–Trinajstić information content (AvgIpc) is 2.84. The van der Waals surface area contributed by atoms with Gasteiger partial charge in [0.25, 0.3) is 0 Å². The molecule has 0 aromatic carbocycles. The fourth-order valence-electron chi connectivity index (χ4n) is 5.04. The smallest absolute Gasteiger partial charge is 0.0664 e. The summed E-state index contributed by atoms with van der Waals surface area (Å²) in [6, 6.07) is 0. The van der Waals surface area contributed by atoms with Gasteiger partial charge in [-0.2, -0.15) is 0 Å². The molecule has 0 aliphatic carbocycles. The van der Waals surface area contributed by atoms with Gasteiger partial charge in [0.1, 0.15) is 0 Å². The Hall–Kier alpha value is -0.0800. The number of aliphatic hydroxyl groups excluding tert-OH is 1. The van der Waals surface area contributed by atoms with Crippen molar-refractivity contribution in [2.24, 2.45) is 0 Å². The Morgan fingerprint density at radius 3 is 1.06 bits per heavy atom. The summed E-state index contributed by atoms with van der Waals surface area (Å²) in [5.74, 6) is 0. The highest BCUT2D eigenvalue weighted by Crippen LogP contribution is 2.14. The minimum absolute atomic E-state index is 0.144. The molecule has 0 radical (unpaired) electrons. The van der Waals surface area contributed by atoms with Crippen LogP contribution in [0.2, 0.25) is 0 Å². The summed E-state index contributed by atoms with van der Waals surface area (Å²) in [5.41, 5.74) is 0. The van der Waals surface area contributed by atoms with Crippen LogP contribution in [0.25, 0.3) is 0 Å². The predicted octanol–water partition coefficient (Wildman–Crippen LogP) is 10.5. The summed E-state index contributed by atoms with van der Waals surface area (Å²) < 4.78 is 0. The van der Waals surface area contributed by atoms with Crippen LogP contribution in [0, 0.1) is 0 Å². The fourth-order valence-corrected chi connectivity index (χ4v) is 5.04. The van der Waals surface area contributed by atoms with Gasteiger partial charge >= 0.3 is 0 Å². The standard InChI is InChI=1S/C32H67NO/c1-3-5-7-9-11-13-15-17-18-19-21-23-25-27-29-32(34)31-33-30-28-26-24-22-20-16-14-12-10-8-6-4-2/h32-34H,3-31H2,1-2H3. The molecule has 0 amide bonds. The quantitative estimate of drug-likeness (QED) is 0.0999. The molecule has 0 aliphatic heterocycles. The summed E-state index contributed by atoms with van der Waals surface area (Å²) in [7, 11) is 0. The Balaban J connectivity index is 3.13. The molecular formula is C32H67NO. The van der Waals surface area contributed by atoms with E-state index in [2.05, 4.69) is 19.2 Å². The third kappa shape index (κ3) is 30.0.